The number of ether oxygens (including phenoxy) is 2. The van der Waals surface area contributed by atoms with E-state index in [4.69, 9.17) is 14.6 Å². The van der Waals surface area contributed by atoms with Gasteiger partial charge in [-0.15, -0.1) is 0 Å². The van der Waals surface area contributed by atoms with Crippen LogP contribution >= 0.6 is 0 Å². The average Bonchev–Trinajstić information content (AvgIpc) is 2.23. The molecule has 1 aromatic carbocycles. The highest BCUT2D eigenvalue weighted by molar-refractivity contribution is 5.91. The molecule has 1 N–H and O–H groups in total. The number of rotatable bonds is 6. The fourth-order valence-corrected chi connectivity index (χ4v) is 1.78. The lowest BCUT2D eigenvalue weighted by Crippen LogP contribution is -2.05. The Morgan fingerprint density at radius 2 is 1.82 bits per heavy atom. The van der Waals surface area contributed by atoms with Gasteiger partial charge in [-0.2, -0.15) is 0 Å². The SMILES string of the molecule is CCOCOCc1cc(C)c(C(=O)O)c(C)c1. The summed E-state index contributed by atoms with van der Waals surface area (Å²) in [7, 11) is 0. The van der Waals surface area contributed by atoms with Gasteiger partial charge < -0.3 is 14.6 Å². The Morgan fingerprint density at radius 1 is 1.24 bits per heavy atom. The summed E-state index contributed by atoms with van der Waals surface area (Å²) in [6.07, 6.45) is 0. The van der Waals surface area contributed by atoms with Crippen molar-refractivity contribution < 1.29 is 19.4 Å². The first kappa shape index (κ1) is 13.7. The van der Waals surface area contributed by atoms with Crippen LogP contribution in [-0.2, 0) is 16.1 Å². The van der Waals surface area contributed by atoms with Gasteiger partial charge in [-0.3, -0.25) is 0 Å². The molecule has 17 heavy (non-hydrogen) atoms. The third kappa shape index (κ3) is 3.84. The summed E-state index contributed by atoms with van der Waals surface area (Å²) in [5.41, 5.74) is 2.85. The summed E-state index contributed by atoms with van der Waals surface area (Å²) < 4.78 is 10.4. The van der Waals surface area contributed by atoms with Gasteiger partial charge in [0.05, 0.1) is 12.2 Å². The fourth-order valence-electron chi connectivity index (χ4n) is 1.78. The van der Waals surface area contributed by atoms with E-state index >= 15 is 0 Å². The molecule has 0 fully saturated rings. The van der Waals surface area contributed by atoms with Gasteiger partial charge in [0.2, 0.25) is 0 Å². The van der Waals surface area contributed by atoms with E-state index in [1.165, 1.54) is 0 Å². The Balaban J connectivity index is 2.73. The van der Waals surface area contributed by atoms with E-state index in [2.05, 4.69) is 0 Å². The van der Waals surface area contributed by atoms with Crippen LogP contribution in [0, 0.1) is 13.8 Å². The van der Waals surface area contributed by atoms with Crippen molar-refractivity contribution >= 4 is 5.97 Å². The summed E-state index contributed by atoms with van der Waals surface area (Å²) >= 11 is 0. The van der Waals surface area contributed by atoms with Gasteiger partial charge >= 0.3 is 5.97 Å². The molecule has 1 aromatic rings. The number of hydrogen-bond acceptors (Lipinski definition) is 3. The van der Waals surface area contributed by atoms with Crippen LogP contribution < -0.4 is 0 Å². The normalized spacial score (nSPS) is 10.5. The molecule has 0 heterocycles. The number of benzene rings is 1. The number of carboxylic acids is 1. The molecule has 4 nitrogen and oxygen atoms in total. The number of aryl methyl sites for hydroxylation is 2. The molecule has 1 rings (SSSR count). The van der Waals surface area contributed by atoms with E-state index in [9.17, 15) is 4.79 Å². The number of hydrogen-bond donors (Lipinski definition) is 1. The smallest absolute Gasteiger partial charge is 0.336 e. The topological polar surface area (TPSA) is 55.8 Å². The molecular formula is C13H18O4. The monoisotopic (exact) mass is 238 g/mol. The van der Waals surface area contributed by atoms with Crippen LogP contribution in [0.4, 0.5) is 0 Å². The Bertz CT molecular complexity index is 375. The third-order valence-corrected chi connectivity index (χ3v) is 2.45. The molecule has 0 radical (unpaired) electrons. The summed E-state index contributed by atoms with van der Waals surface area (Å²) in [5.74, 6) is -0.887. The van der Waals surface area contributed by atoms with Crippen molar-refractivity contribution in [2.24, 2.45) is 0 Å². The molecule has 94 valence electrons. The minimum Gasteiger partial charge on any atom is -0.478 e. The Labute approximate surface area is 101 Å². The van der Waals surface area contributed by atoms with Crippen molar-refractivity contribution in [1.29, 1.82) is 0 Å². The first-order valence-corrected chi connectivity index (χ1v) is 5.55. The summed E-state index contributed by atoms with van der Waals surface area (Å²) in [4.78, 5) is 11.0. The zero-order valence-electron chi connectivity index (χ0n) is 10.4. The van der Waals surface area contributed by atoms with Crippen molar-refractivity contribution in [3.8, 4) is 0 Å². The van der Waals surface area contributed by atoms with Crippen LogP contribution in [0.2, 0.25) is 0 Å². The van der Waals surface area contributed by atoms with E-state index in [0.29, 0.717) is 18.8 Å². The van der Waals surface area contributed by atoms with Crippen molar-refractivity contribution in [1.82, 2.24) is 0 Å². The molecule has 0 aromatic heterocycles. The van der Waals surface area contributed by atoms with Crippen LogP contribution in [-0.4, -0.2) is 24.5 Å². The van der Waals surface area contributed by atoms with Crippen LogP contribution in [0.5, 0.6) is 0 Å². The molecule has 0 aliphatic heterocycles. The van der Waals surface area contributed by atoms with Crippen molar-refractivity contribution in [2.45, 2.75) is 27.4 Å². The summed E-state index contributed by atoms with van der Waals surface area (Å²) in [6.45, 7) is 6.80. The second kappa shape index (κ2) is 6.37. The largest absolute Gasteiger partial charge is 0.478 e. The van der Waals surface area contributed by atoms with E-state index in [1.54, 1.807) is 13.8 Å². The molecule has 0 saturated carbocycles. The molecule has 0 atom stereocenters. The lowest BCUT2D eigenvalue weighted by molar-refractivity contribution is -0.0571. The van der Waals surface area contributed by atoms with Crippen LogP contribution in [0.1, 0.15) is 34.0 Å². The third-order valence-electron chi connectivity index (χ3n) is 2.45. The highest BCUT2D eigenvalue weighted by atomic mass is 16.7. The predicted molar refractivity (Wildman–Crippen MR) is 64.2 cm³/mol. The number of carbonyl (C=O) groups is 1. The zero-order chi connectivity index (χ0) is 12.8. The van der Waals surface area contributed by atoms with Gasteiger partial charge in [0, 0.05) is 6.61 Å². The average molecular weight is 238 g/mol. The minimum absolute atomic E-state index is 0.259. The second-order valence-electron chi connectivity index (χ2n) is 3.87. The molecule has 0 aliphatic carbocycles. The summed E-state index contributed by atoms with van der Waals surface area (Å²) in [6, 6.07) is 3.67. The second-order valence-corrected chi connectivity index (χ2v) is 3.87. The molecule has 0 spiro atoms. The number of aromatic carboxylic acids is 1. The molecule has 0 bridgehead atoms. The van der Waals surface area contributed by atoms with Gasteiger partial charge in [0.15, 0.2) is 0 Å². The molecule has 0 amide bonds. The van der Waals surface area contributed by atoms with Crippen LogP contribution in [0.3, 0.4) is 0 Å². The standard InChI is InChI=1S/C13H18O4/c1-4-16-8-17-7-11-5-9(2)12(13(14)15)10(3)6-11/h5-6H,4,7-8H2,1-3H3,(H,14,15). The number of carboxylic acid groups (broad SMARTS) is 1. The summed E-state index contributed by atoms with van der Waals surface area (Å²) in [5, 5.41) is 9.03. The maximum Gasteiger partial charge on any atom is 0.336 e. The molecule has 0 saturated heterocycles. The van der Waals surface area contributed by atoms with Gasteiger partial charge in [-0.05, 0) is 37.5 Å². The quantitative estimate of drug-likeness (QED) is 0.611. The van der Waals surface area contributed by atoms with E-state index in [-0.39, 0.29) is 6.79 Å². The van der Waals surface area contributed by atoms with Crippen molar-refractivity contribution in [3.63, 3.8) is 0 Å². The highest BCUT2D eigenvalue weighted by Gasteiger charge is 2.11. The van der Waals surface area contributed by atoms with Crippen LogP contribution in [0.25, 0.3) is 0 Å². The van der Waals surface area contributed by atoms with Crippen molar-refractivity contribution in [2.75, 3.05) is 13.4 Å². The first-order valence-electron chi connectivity index (χ1n) is 5.55. The van der Waals surface area contributed by atoms with Gasteiger partial charge in [0.25, 0.3) is 0 Å². The predicted octanol–water partition coefficient (Wildman–Crippen LogP) is 2.51. The maximum atomic E-state index is 11.0. The Kier molecular flexibility index (Phi) is 5.12. The van der Waals surface area contributed by atoms with E-state index < -0.39 is 5.97 Å². The van der Waals surface area contributed by atoms with Gasteiger partial charge in [-0.1, -0.05) is 12.1 Å². The Hall–Kier alpha value is -1.39. The lowest BCUT2D eigenvalue weighted by atomic mass is 10.00. The molecular weight excluding hydrogens is 220 g/mol. The first-order chi connectivity index (χ1) is 8.06. The minimum atomic E-state index is -0.887. The maximum absolute atomic E-state index is 11.0. The van der Waals surface area contributed by atoms with Gasteiger partial charge in [-0.25, -0.2) is 4.79 Å². The molecule has 0 unspecified atom stereocenters. The van der Waals surface area contributed by atoms with Crippen LogP contribution in [0.15, 0.2) is 12.1 Å². The highest BCUT2D eigenvalue weighted by Crippen LogP contribution is 2.17. The van der Waals surface area contributed by atoms with E-state index in [0.717, 1.165) is 16.7 Å². The zero-order valence-corrected chi connectivity index (χ0v) is 10.4. The fraction of sp³-hybridized carbons (Fsp3) is 0.462. The van der Waals surface area contributed by atoms with E-state index in [1.807, 2.05) is 19.1 Å². The molecule has 0 aliphatic rings. The molecule has 4 heteroatoms. The van der Waals surface area contributed by atoms with Crippen molar-refractivity contribution in [3.05, 3.63) is 34.4 Å². The van der Waals surface area contributed by atoms with Gasteiger partial charge in [0.1, 0.15) is 6.79 Å². The Morgan fingerprint density at radius 3 is 2.29 bits per heavy atom. The lowest BCUT2D eigenvalue weighted by Gasteiger charge is -2.10.